The Balaban J connectivity index is 1.82. The van der Waals surface area contributed by atoms with Gasteiger partial charge in [-0.3, -0.25) is 0 Å². The summed E-state index contributed by atoms with van der Waals surface area (Å²) in [6.07, 6.45) is -0.171. The first-order valence-electron chi connectivity index (χ1n) is 8.20. The van der Waals surface area contributed by atoms with E-state index in [9.17, 15) is 0 Å². The van der Waals surface area contributed by atoms with Gasteiger partial charge in [0, 0.05) is 9.13 Å². The summed E-state index contributed by atoms with van der Waals surface area (Å²) < 4.78 is 7.47. The molecule has 0 spiro atoms. The smallest absolute Gasteiger partial charge is 0.222 e. The van der Waals surface area contributed by atoms with Crippen molar-refractivity contribution in [1.29, 1.82) is 0 Å². The Labute approximate surface area is 164 Å². The van der Waals surface area contributed by atoms with Crippen LogP contribution in [0.25, 0.3) is 21.7 Å². The van der Waals surface area contributed by atoms with E-state index in [0.29, 0.717) is 22.5 Å². The Hall–Kier alpha value is -2.61. The summed E-state index contributed by atoms with van der Waals surface area (Å²) in [6, 6.07) is 18.2. The molecule has 0 aliphatic heterocycles. The van der Waals surface area contributed by atoms with Gasteiger partial charge in [-0.1, -0.05) is 36.4 Å². The Kier molecular flexibility index (Phi) is 4.28. The summed E-state index contributed by atoms with van der Waals surface area (Å²) in [4.78, 5) is 8.32. The highest BCUT2D eigenvalue weighted by atomic mass is 127. The Morgan fingerprint density at radius 3 is 2.62 bits per heavy atom. The fraction of sp³-hybridized carbons (Fsp3) is 0.100. The number of hydrogen-bond acceptors (Lipinski definition) is 5. The van der Waals surface area contributed by atoms with Crippen LogP contribution in [0.15, 0.2) is 54.6 Å². The molecule has 0 saturated carbocycles. The topological polar surface area (TPSA) is 87.0 Å². The molecule has 6 heteroatoms. The van der Waals surface area contributed by atoms with Crippen LogP contribution >= 0.6 is 22.6 Å². The summed E-state index contributed by atoms with van der Waals surface area (Å²) in [6.45, 7) is 2.04. The molecule has 26 heavy (non-hydrogen) atoms. The van der Waals surface area contributed by atoms with Crippen molar-refractivity contribution in [3.05, 3.63) is 63.7 Å². The number of halogens is 1. The minimum absolute atomic E-state index is 0.156. The van der Waals surface area contributed by atoms with E-state index in [2.05, 4.69) is 56.8 Å². The molecule has 1 atom stereocenters. The summed E-state index contributed by atoms with van der Waals surface area (Å²) in [5.41, 5.74) is 13.6. The van der Waals surface area contributed by atoms with Crippen LogP contribution in [0.1, 0.15) is 18.6 Å². The largest absolute Gasteiger partial charge is 0.485 e. The molecule has 5 nitrogen and oxygen atoms in total. The Morgan fingerprint density at radius 2 is 1.77 bits per heavy atom. The number of benzene rings is 3. The number of fused-ring (bicyclic) bond motifs is 2. The monoisotopic (exact) mass is 456 g/mol. The van der Waals surface area contributed by atoms with Crippen molar-refractivity contribution >= 4 is 56.0 Å². The zero-order valence-electron chi connectivity index (χ0n) is 14.1. The van der Waals surface area contributed by atoms with Gasteiger partial charge in [0.15, 0.2) is 0 Å². The third-order valence-electron chi connectivity index (χ3n) is 4.36. The zero-order chi connectivity index (χ0) is 18.3. The van der Waals surface area contributed by atoms with Crippen LogP contribution in [0.4, 0.5) is 11.8 Å². The van der Waals surface area contributed by atoms with Crippen LogP contribution in [0.3, 0.4) is 0 Å². The molecule has 130 valence electrons. The molecule has 0 aliphatic rings. The van der Waals surface area contributed by atoms with E-state index in [4.69, 9.17) is 16.2 Å². The molecule has 4 aromatic rings. The SMILES string of the molecule is C[C@@H](Oc1cccc2nc(N)nc(N)c12)c1c(I)ccc2ccccc12. The van der Waals surface area contributed by atoms with Crippen LogP contribution in [-0.4, -0.2) is 9.97 Å². The molecule has 0 amide bonds. The van der Waals surface area contributed by atoms with E-state index in [-0.39, 0.29) is 12.1 Å². The van der Waals surface area contributed by atoms with Gasteiger partial charge in [0.25, 0.3) is 0 Å². The minimum atomic E-state index is -0.171. The average molecular weight is 456 g/mol. The lowest BCUT2D eigenvalue weighted by atomic mass is 10.0. The number of ether oxygens (including phenoxy) is 1. The van der Waals surface area contributed by atoms with Crippen molar-refractivity contribution in [2.45, 2.75) is 13.0 Å². The Morgan fingerprint density at radius 1 is 0.962 bits per heavy atom. The van der Waals surface area contributed by atoms with Crippen LogP contribution in [0.2, 0.25) is 0 Å². The first kappa shape index (κ1) is 16.8. The zero-order valence-corrected chi connectivity index (χ0v) is 16.3. The molecule has 1 aromatic heterocycles. The van der Waals surface area contributed by atoms with Gasteiger partial charge in [-0.05, 0) is 58.5 Å². The van der Waals surface area contributed by atoms with Crippen LogP contribution in [0, 0.1) is 3.57 Å². The van der Waals surface area contributed by atoms with Crippen molar-refractivity contribution in [3.63, 3.8) is 0 Å². The van der Waals surface area contributed by atoms with Crippen molar-refractivity contribution in [2.24, 2.45) is 0 Å². The van der Waals surface area contributed by atoms with E-state index < -0.39 is 0 Å². The Bertz CT molecular complexity index is 1130. The van der Waals surface area contributed by atoms with Crippen molar-refractivity contribution in [2.75, 3.05) is 11.5 Å². The molecule has 0 bridgehead atoms. The molecule has 0 unspecified atom stereocenters. The number of aromatic nitrogens is 2. The number of nitrogens with zero attached hydrogens (tertiary/aromatic N) is 2. The number of anilines is 2. The van der Waals surface area contributed by atoms with E-state index in [1.54, 1.807) is 0 Å². The fourth-order valence-electron chi connectivity index (χ4n) is 3.23. The van der Waals surface area contributed by atoms with Gasteiger partial charge in [-0.2, -0.15) is 4.98 Å². The molecule has 0 aliphatic carbocycles. The highest BCUT2D eigenvalue weighted by Gasteiger charge is 2.17. The quantitative estimate of drug-likeness (QED) is 0.437. The van der Waals surface area contributed by atoms with Crippen LogP contribution < -0.4 is 16.2 Å². The van der Waals surface area contributed by atoms with Gasteiger partial charge in [-0.15, -0.1) is 0 Å². The highest BCUT2D eigenvalue weighted by molar-refractivity contribution is 14.1. The van der Waals surface area contributed by atoms with Crippen molar-refractivity contribution < 1.29 is 4.74 Å². The average Bonchev–Trinajstić information content (AvgIpc) is 2.61. The normalized spacial score (nSPS) is 12.4. The second-order valence-electron chi connectivity index (χ2n) is 6.06. The summed E-state index contributed by atoms with van der Waals surface area (Å²) in [5, 5.41) is 3.05. The molecule has 3 aromatic carbocycles. The number of hydrogen-bond donors (Lipinski definition) is 2. The van der Waals surface area contributed by atoms with E-state index in [1.165, 1.54) is 10.8 Å². The van der Waals surface area contributed by atoms with Gasteiger partial charge < -0.3 is 16.2 Å². The molecule has 4 N–H and O–H groups in total. The molecular weight excluding hydrogens is 439 g/mol. The molecule has 4 rings (SSSR count). The fourth-order valence-corrected chi connectivity index (χ4v) is 4.14. The number of nitrogens with two attached hydrogens (primary N) is 2. The maximum atomic E-state index is 6.32. The highest BCUT2D eigenvalue weighted by Crippen LogP contribution is 2.35. The van der Waals surface area contributed by atoms with Gasteiger partial charge in [0.1, 0.15) is 17.7 Å². The van der Waals surface area contributed by atoms with Gasteiger partial charge in [0.2, 0.25) is 5.95 Å². The third kappa shape index (κ3) is 2.90. The summed E-state index contributed by atoms with van der Waals surface area (Å²) in [7, 11) is 0. The predicted molar refractivity (Wildman–Crippen MR) is 114 cm³/mol. The molecule has 0 radical (unpaired) electrons. The third-order valence-corrected chi connectivity index (χ3v) is 5.30. The lowest BCUT2D eigenvalue weighted by molar-refractivity contribution is 0.230. The van der Waals surface area contributed by atoms with Crippen molar-refractivity contribution in [1.82, 2.24) is 9.97 Å². The molecule has 1 heterocycles. The van der Waals surface area contributed by atoms with Gasteiger partial charge >= 0.3 is 0 Å². The second kappa shape index (κ2) is 6.60. The predicted octanol–water partition coefficient (Wildman–Crippen LogP) is 4.69. The van der Waals surface area contributed by atoms with E-state index in [0.717, 1.165) is 9.13 Å². The van der Waals surface area contributed by atoms with E-state index in [1.807, 2.05) is 37.3 Å². The summed E-state index contributed by atoms with van der Waals surface area (Å²) in [5.74, 6) is 1.13. The second-order valence-corrected chi connectivity index (χ2v) is 7.22. The van der Waals surface area contributed by atoms with Gasteiger partial charge in [-0.25, -0.2) is 4.98 Å². The minimum Gasteiger partial charge on any atom is -0.485 e. The standard InChI is InChI=1S/C20H17IN4O/c1-11(17-13-6-3-2-5-12(13)9-10-14(17)21)26-16-8-4-7-15-18(16)19(22)25-20(23)24-15/h2-11H,1H3,(H4,22,23,24,25)/t11-/m1/s1. The lowest BCUT2D eigenvalue weighted by Gasteiger charge is -2.20. The van der Waals surface area contributed by atoms with Gasteiger partial charge in [0.05, 0.1) is 10.9 Å². The van der Waals surface area contributed by atoms with Crippen molar-refractivity contribution in [3.8, 4) is 5.75 Å². The maximum Gasteiger partial charge on any atom is 0.222 e. The summed E-state index contributed by atoms with van der Waals surface area (Å²) >= 11 is 2.35. The lowest BCUT2D eigenvalue weighted by Crippen LogP contribution is -2.08. The number of rotatable bonds is 3. The molecule has 0 fully saturated rings. The van der Waals surface area contributed by atoms with Crippen LogP contribution in [0.5, 0.6) is 5.75 Å². The van der Waals surface area contributed by atoms with Crippen LogP contribution in [-0.2, 0) is 0 Å². The molecular formula is C20H17IN4O. The first-order valence-corrected chi connectivity index (χ1v) is 9.28. The number of nitrogen functional groups attached to an aromatic ring is 2. The van der Waals surface area contributed by atoms with E-state index >= 15 is 0 Å². The maximum absolute atomic E-state index is 6.32. The molecule has 0 saturated heterocycles. The first-order chi connectivity index (χ1) is 12.5.